The van der Waals surface area contributed by atoms with Crippen molar-refractivity contribution in [2.24, 2.45) is 7.05 Å². The average Bonchev–Trinajstić information content (AvgIpc) is 2.87. The maximum atomic E-state index is 11.8. The van der Waals surface area contributed by atoms with Crippen molar-refractivity contribution in [1.82, 2.24) is 24.3 Å². The molecule has 112 valence electrons. The van der Waals surface area contributed by atoms with Gasteiger partial charge in [0.1, 0.15) is 6.54 Å². The van der Waals surface area contributed by atoms with Gasteiger partial charge in [-0.1, -0.05) is 0 Å². The van der Waals surface area contributed by atoms with Gasteiger partial charge < -0.3 is 4.74 Å². The summed E-state index contributed by atoms with van der Waals surface area (Å²) in [5.74, 6) is -0.378. The Labute approximate surface area is 118 Å². The van der Waals surface area contributed by atoms with Crippen LogP contribution in [-0.4, -0.2) is 36.8 Å². The van der Waals surface area contributed by atoms with Crippen LogP contribution in [0, 0.1) is 0 Å². The SMILES string of the molecule is CCOc1n[nH]c(NC(=O)Cn2ccc(=O)n(C)c2=O)n1. The second kappa shape index (κ2) is 6.03. The minimum absolute atomic E-state index is 0.112. The predicted molar refractivity (Wildman–Crippen MR) is 72.1 cm³/mol. The van der Waals surface area contributed by atoms with Crippen LogP contribution in [0.5, 0.6) is 6.01 Å². The molecule has 21 heavy (non-hydrogen) atoms. The van der Waals surface area contributed by atoms with Gasteiger partial charge in [-0.15, -0.1) is 5.10 Å². The number of carbonyl (C=O) groups is 1. The molecule has 2 aromatic rings. The number of nitrogens with zero attached hydrogens (tertiary/aromatic N) is 4. The third-order valence-corrected chi connectivity index (χ3v) is 2.57. The van der Waals surface area contributed by atoms with E-state index >= 15 is 0 Å². The Kier molecular flexibility index (Phi) is 4.16. The Morgan fingerprint density at radius 1 is 1.48 bits per heavy atom. The largest absolute Gasteiger partial charge is 0.463 e. The quantitative estimate of drug-likeness (QED) is 0.706. The molecule has 0 saturated carbocycles. The van der Waals surface area contributed by atoms with Crippen LogP contribution in [-0.2, 0) is 18.4 Å². The van der Waals surface area contributed by atoms with E-state index < -0.39 is 17.2 Å². The number of aromatic amines is 1. The van der Waals surface area contributed by atoms with Crippen LogP contribution in [0.2, 0.25) is 0 Å². The predicted octanol–water partition coefficient (Wildman–Crippen LogP) is -1.30. The van der Waals surface area contributed by atoms with Crippen LogP contribution in [0.3, 0.4) is 0 Å². The van der Waals surface area contributed by atoms with Crippen LogP contribution < -0.4 is 21.3 Å². The molecule has 10 nitrogen and oxygen atoms in total. The number of carbonyl (C=O) groups excluding carboxylic acids is 1. The van der Waals surface area contributed by atoms with Crippen molar-refractivity contribution < 1.29 is 9.53 Å². The summed E-state index contributed by atoms with van der Waals surface area (Å²) in [5.41, 5.74) is -1.02. The number of aromatic nitrogens is 5. The summed E-state index contributed by atoms with van der Waals surface area (Å²) in [5, 5.41) is 8.64. The summed E-state index contributed by atoms with van der Waals surface area (Å²) in [6.45, 7) is 1.93. The van der Waals surface area contributed by atoms with Gasteiger partial charge in [0.05, 0.1) is 6.61 Å². The summed E-state index contributed by atoms with van der Waals surface area (Å²) in [4.78, 5) is 38.7. The Bertz CT molecular complexity index is 759. The molecule has 0 fully saturated rings. The fraction of sp³-hybridized carbons (Fsp3) is 0.364. The molecule has 0 atom stereocenters. The number of amides is 1. The smallest absolute Gasteiger partial charge is 0.337 e. The van der Waals surface area contributed by atoms with Crippen LogP contribution in [0.4, 0.5) is 5.95 Å². The summed E-state index contributed by atoms with van der Waals surface area (Å²) in [7, 11) is 1.34. The highest BCUT2D eigenvalue weighted by atomic mass is 16.5. The normalized spacial score (nSPS) is 10.4. The van der Waals surface area contributed by atoms with Gasteiger partial charge >= 0.3 is 11.7 Å². The molecular weight excluding hydrogens is 280 g/mol. The Morgan fingerprint density at radius 2 is 2.24 bits per heavy atom. The zero-order chi connectivity index (χ0) is 15.4. The van der Waals surface area contributed by atoms with E-state index in [0.717, 1.165) is 9.13 Å². The molecule has 2 rings (SSSR count). The molecule has 0 radical (unpaired) electrons. The second-order valence-electron chi connectivity index (χ2n) is 4.07. The topological polar surface area (TPSA) is 124 Å². The summed E-state index contributed by atoms with van der Waals surface area (Å²) < 4.78 is 7.06. The van der Waals surface area contributed by atoms with E-state index in [1.165, 1.54) is 19.3 Å². The maximum absolute atomic E-state index is 11.8. The molecule has 0 unspecified atom stereocenters. The van der Waals surface area contributed by atoms with Crippen molar-refractivity contribution in [1.29, 1.82) is 0 Å². The average molecular weight is 294 g/mol. The lowest BCUT2D eigenvalue weighted by Crippen LogP contribution is -2.39. The van der Waals surface area contributed by atoms with Crippen molar-refractivity contribution in [3.63, 3.8) is 0 Å². The van der Waals surface area contributed by atoms with Gasteiger partial charge in [0.15, 0.2) is 0 Å². The van der Waals surface area contributed by atoms with Gasteiger partial charge in [0.2, 0.25) is 11.9 Å². The lowest BCUT2D eigenvalue weighted by atomic mass is 10.5. The highest BCUT2D eigenvalue weighted by Gasteiger charge is 2.10. The minimum Gasteiger partial charge on any atom is -0.463 e. The monoisotopic (exact) mass is 294 g/mol. The molecule has 0 aliphatic heterocycles. The first kappa shape index (κ1) is 14.5. The van der Waals surface area contributed by atoms with Gasteiger partial charge in [-0.3, -0.25) is 24.0 Å². The third kappa shape index (κ3) is 3.35. The summed E-state index contributed by atoms with van der Waals surface area (Å²) in [6, 6.07) is 1.32. The molecule has 2 N–H and O–H groups in total. The minimum atomic E-state index is -0.578. The highest BCUT2D eigenvalue weighted by molar-refractivity contribution is 5.88. The summed E-state index contributed by atoms with van der Waals surface area (Å²) >= 11 is 0. The molecule has 0 aliphatic carbocycles. The zero-order valence-electron chi connectivity index (χ0n) is 11.5. The number of H-pyrrole nitrogens is 1. The molecule has 2 heterocycles. The van der Waals surface area contributed by atoms with Crippen LogP contribution in [0.1, 0.15) is 6.92 Å². The van der Waals surface area contributed by atoms with Crippen molar-refractivity contribution in [2.45, 2.75) is 13.5 Å². The standard InChI is InChI=1S/C11H14N6O4/c1-3-21-10-13-9(14-15-10)12-7(18)6-17-5-4-8(19)16(2)11(17)20/h4-5H,3,6H2,1-2H3,(H2,12,13,14,15,18). The fourth-order valence-corrected chi connectivity index (χ4v) is 1.56. The van der Waals surface area contributed by atoms with Crippen LogP contribution in [0.25, 0.3) is 0 Å². The first-order valence-corrected chi connectivity index (χ1v) is 6.12. The van der Waals surface area contributed by atoms with Gasteiger partial charge in [-0.2, -0.15) is 4.98 Å². The number of ether oxygens (including phenoxy) is 1. The van der Waals surface area contributed by atoms with E-state index in [-0.39, 0.29) is 18.5 Å². The first-order chi connectivity index (χ1) is 10.0. The fourth-order valence-electron chi connectivity index (χ4n) is 1.56. The molecule has 0 bridgehead atoms. The molecular formula is C11H14N6O4. The summed E-state index contributed by atoms with van der Waals surface area (Å²) in [6.07, 6.45) is 1.26. The van der Waals surface area contributed by atoms with Crippen LogP contribution in [0.15, 0.2) is 21.9 Å². The molecule has 1 amide bonds. The number of hydrogen-bond donors (Lipinski definition) is 2. The zero-order valence-corrected chi connectivity index (χ0v) is 11.5. The molecule has 0 spiro atoms. The van der Waals surface area contributed by atoms with Crippen LogP contribution >= 0.6 is 0 Å². The third-order valence-electron chi connectivity index (χ3n) is 2.57. The number of nitrogens with one attached hydrogen (secondary N) is 2. The Balaban J connectivity index is 2.06. The van der Waals surface area contributed by atoms with E-state index in [4.69, 9.17) is 4.74 Å². The van der Waals surface area contributed by atoms with E-state index in [0.29, 0.717) is 6.61 Å². The van der Waals surface area contributed by atoms with Gasteiger partial charge in [0.25, 0.3) is 5.56 Å². The molecule has 0 aromatic carbocycles. The molecule has 0 aliphatic rings. The van der Waals surface area contributed by atoms with Crippen molar-refractivity contribution in [2.75, 3.05) is 11.9 Å². The lowest BCUT2D eigenvalue weighted by Gasteiger charge is -2.06. The van der Waals surface area contributed by atoms with E-state index in [9.17, 15) is 14.4 Å². The number of anilines is 1. The number of hydrogen-bond acceptors (Lipinski definition) is 6. The molecule has 0 saturated heterocycles. The Hall–Kier alpha value is -2.91. The van der Waals surface area contributed by atoms with E-state index in [1.807, 2.05) is 0 Å². The maximum Gasteiger partial charge on any atom is 0.337 e. The van der Waals surface area contributed by atoms with Gasteiger partial charge in [-0.25, -0.2) is 9.89 Å². The van der Waals surface area contributed by atoms with Crippen molar-refractivity contribution >= 4 is 11.9 Å². The van der Waals surface area contributed by atoms with Gasteiger partial charge in [-0.05, 0) is 6.92 Å². The van der Waals surface area contributed by atoms with E-state index in [1.54, 1.807) is 6.92 Å². The highest BCUT2D eigenvalue weighted by Crippen LogP contribution is 2.05. The Morgan fingerprint density at radius 3 is 2.95 bits per heavy atom. The number of rotatable bonds is 5. The first-order valence-electron chi connectivity index (χ1n) is 6.12. The second-order valence-corrected chi connectivity index (χ2v) is 4.07. The van der Waals surface area contributed by atoms with Crippen molar-refractivity contribution in [3.05, 3.63) is 33.1 Å². The molecule has 2 aromatic heterocycles. The van der Waals surface area contributed by atoms with Gasteiger partial charge in [0, 0.05) is 19.3 Å². The van der Waals surface area contributed by atoms with E-state index in [2.05, 4.69) is 20.5 Å². The molecule has 10 heteroatoms. The lowest BCUT2D eigenvalue weighted by molar-refractivity contribution is -0.116. The van der Waals surface area contributed by atoms with Crippen molar-refractivity contribution in [3.8, 4) is 6.01 Å².